The van der Waals surface area contributed by atoms with Crippen LogP contribution in [0.4, 0.5) is 0 Å². The first-order valence-corrected chi connectivity index (χ1v) is 11.6. The van der Waals surface area contributed by atoms with Gasteiger partial charge in [-0.15, -0.1) is 0 Å². The molecule has 2 aliphatic carbocycles. The highest BCUT2D eigenvalue weighted by Gasteiger charge is 2.59. The van der Waals surface area contributed by atoms with Crippen molar-refractivity contribution < 1.29 is 19.8 Å². The normalized spacial score (nSPS) is 28.0. The van der Waals surface area contributed by atoms with Crippen molar-refractivity contribution >= 4 is 11.9 Å². The number of aliphatic carboxylic acids is 1. The second-order valence-electron chi connectivity index (χ2n) is 9.55. The van der Waals surface area contributed by atoms with E-state index in [4.69, 9.17) is 0 Å². The van der Waals surface area contributed by atoms with Gasteiger partial charge in [0.1, 0.15) is 6.04 Å². The summed E-state index contributed by atoms with van der Waals surface area (Å²) in [6, 6.07) is 17.9. The Bertz CT molecular complexity index is 964. The van der Waals surface area contributed by atoms with E-state index in [0.29, 0.717) is 18.7 Å². The third-order valence-corrected chi connectivity index (χ3v) is 7.74. The van der Waals surface area contributed by atoms with Crippen molar-refractivity contribution in [3.05, 3.63) is 71.8 Å². The van der Waals surface area contributed by atoms with Crippen molar-refractivity contribution in [2.75, 3.05) is 13.1 Å². The number of aliphatic hydroxyl groups is 1. The van der Waals surface area contributed by atoms with Crippen LogP contribution >= 0.6 is 0 Å². The minimum Gasteiger partial charge on any atom is -0.480 e. The maximum atomic E-state index is 13.4. The number of benzene rings is 2. The number of likely N-dealkylation sites (tertiary alicyclic amines) is 1. The molecule has 3 unspecified atom stereocenters. The fraction of sp³-hybridized carbons (Fsp3) is 0.462. The van der Waals surface area contributed by atoms with Crippen molar-refractivity contribution in [3.63, 3.8) is 0 Å². The maximum absolute atomic E-state index is 13.4. The second-order valence-corrected chi connectivity index (χ2v) is 9.55. The summed E-state index contributed by atoms with van der Waals surface area (Å²) in [5.74, 6) is -0.771. The summed E-state index contributed by atoms with van der Waals surface area (Å²) in [6.45, 7) is 1.27. The third kappa shape index (κ3) is 3.61. The van der Waals surface area contributed by atoms with Crippen LogP contribution in [0.25, 0.3) is 0 Å². The van der Waals surface area contributed by atoms with E-state index in [9.17, 15) is 19.8 Å². The Hall–Kier alpha value is -2.70. The molecular weight excluding hydrogens is 404 g/mol. The zero-order valence-electron chi connectivity index (χ0n) is 18.1. The Morgan fingerprint density at radius 1 is 0.938 bits per heavy atom. The smallest absolute Gasteiger partial charge is 0.325 e. The van der Waals surface area contributed by atoms with Crippen LogP contribution in [0.5, 0.6) is 0 Å². The van der Waals surface area contributed by atoms with Gasteiger partial charge in [-0.2, -0.15) is 0 Å². The molecule has 6 nitrogen and oxygen atoms in total. The van der Waals surface area contributed by atoms with Crippen LogP contribution in [-0.4, -0.2) is 46.1 Å². The molecule has 2 aromatic carbocycles. The average molecular weight is 435 g/mol. The number of amides is 1. The first kappa shape index (κ1) is 21.2. The van der Waals surface area contributed by atoms with E-state index >= 15 is 0 Å². The van der Waals surface area contributed by atoms with Gasteiger partial charge < -0.3 is 15.5 Å². The minimum absolute atomic E-state index is 0.000563. The number of carboxylic acids is 1. The number of hydrogen-bond donors (Lipinski definition) is 3. The van der Waals surface area contributed by atoms with Crippen molar-refractivity contribution in [1.29, 1.82) is 0 Å². The highest BCUT2D eigenvalue weighted by atomic mass is 16.4. The van der Waals surface area contributed by atoms with E-state index in [1.54, 1.807) is 0 Å². The Morgan fingerprint density at radius 3 is 2.06 bits per heavy atom. The van der Waals surface area contributed by atoms with Gasteiger partial charge in [0.25, 0.3) is 5.91 Å². The maximum Gasteiger partial charge on any atom is 0.325 e. The molecule has 3 fully saturated rings. The summed E-state index contributed by atoms with van der Waals surface area (Å²) in [5, 5.41) is 24.6. The van der Waals surface area contributed by atoms with Gasteiger partial charge in [0, 0.05) is 25.0 Å². The molecule has 1 heterocycles. The lowest BCUT2D eigenvalue weighted by Gasteiger charge is -2.34. The molecule has 0 spiro atoms. The molecular formula is C26H30N2O4. The van der Waals surface area contributed by atoms with Crippen LogP contribution in [0, 0.1) is 17.8 Å². The molecule has 3 aliphatic rings. The number of hydrogen-bond acceptors (Lipinski definition) is 4. The molecule has 0 radical (unpaired) electrons. The quantitative estimate of drug-likeness (QED) is 0.624. The minimum atomic E-state index is -1.51. The number of carbonyl (C=O) groups excluding carboxylic acids is 1. The Balaban J connectivity index is 1.27. The lowest BCUT2D eigenvalue weighted by Crippen LogP contribution is -2.51. The summed E-state index contributed by atoms with van der Waals surface area (Å²) in [5.41, 5.74) is -0.0736. The van der Waals surface area contributed by atoms with Gasteiger partial charge in [-0.05, 0) is 35.8 Å². The van der Waals surface area contributed by atoms with Crippen LogP contribution < -0.4 is 5.32 Å². The zero-order chi connectivity index (χ0) is 22.3. The largest absolute Gasteiger partial charge is 0.480 e. The molecule has 1 aliphatic heterocycles. The van der Waals surface area contributed by atoms with Crippen LogP contribution in [0.3, 0.4) is 0 Å². The summed E-state index contributed by atoms with van der Waals surface area (Å²) >= 11 is 0. The topological polar surface area (TPSA) is 89.9 Å². The Labute approximate surface area is 188 Å². The van der Waals surface area contributed by atoms with Crippen LogP contribution in [0.15, 0.2) is 60.7 Å². The van der Waals surface area contributed by atoms with Crippen LogP contribution in [-0.2, 0) is 15.2 Å². The van der Waals surface area contributed by atoms with Gasteiger partial charge in [0.05, 0.1) is 0 Å². The summed E-state index contributed by atoms with van der Waals surface area (Å²) in [4.78, 5) is 27.4. The fourth-order valence-electron chi connectivity index (χ4n) is 5.98. The molecule has 6 heteroatoms. The predicted molar refractivity (Wildman–Crippen MR) is 120 cm³/mol. The first-order chi connectivity index (χ1) is 15.5. The number of piperidine rings is 1. The van der Waals surface area contributed by atoms with Gasteiger partial charge >= 0.3 is 5.97 Å². The molecule has 2 aromatic rings. The molecule has 0 bridgehead atoms. The number of fused-ring (bicyclic) bond motifs is 1. The van der Waals surface area contributed by atoms with E-state index in [0.717, 1.165) is 31.2 Å². The molecule has 1 saturated heterocycles. The van der Waals surface area contributed by atoms with E-state index in [2.05, 4.69) is 5.32 Å². The molecule has 1 amide bonds. The number of carboxylic acid groups (broad SMARTS) is 1. The lowest BCUT2D eigenvalue weighted by molar-refractivity contribution is -0.148. The summed E-state index contributed by atoms with van der Waals surface area (Å²) in [6.07, 6.45) is 3.77. The number of carbonyl (C=O) groups is 2. The van der Waals surface area contributed by atoms with Gasteiger partial charge in [-0.25, -0.2) is 0 Å². The molecule has 3 N–H and O–H groups in total. The monoisotopic (exact) mass is 434 g/mol. The SMILES string of the molecule is O=C(O)C(c1ccccc1)N1C[C@@H]2C(NC(=O)C(O)(c3ccccc3)C3CCCC3)[C@@H]2C1. The van der Waals surface area contributed by atoms with Crippen molar-refractivity contribution in [3.8, 4) is 0 Å². The highest BCUT2D eigenvalue weighted by molar-refractivity contribution is 5.87. The van der Waals surface area contributed by atoms with E-state index in [1.807, 2.05) is 65.6 Å². The zero-order valence-corrected chi connectivity index (χ0v) is 18.1. The molecule has 5 atom stereocenters. The first-order valence-electron chi connectivity index (χ1n) is 11.6. The van der Waals surface area contributed by atoms with Gasteiger partial charge in [-0.1, -0.05) is 73.5 Å². The van der Waals surface area contributed by atoms with Crippen molar-refractivity contribution in [1.82, 2.24) is 10.2 Å². The Morgan fingerprint density at radius 2 is 1.50 bits per heavy atom. The average Bonchev–Trinajstić information content (AvgIpc) is 3.22. The van der Waals surface area contributed by atoms with E-state index < -0.39 is 17.6 Å². The van der Waals surface area contributed by atoms with Crippen LogP contribution in [0.2, 0.25) is 0 Å². The van der Waals surface area contributed by atoms with Gasteiger partial charge in [-0.3, -0.25) is 14.5 Å². The van der Waals surface area contributed by atoms with Gasteiger partial charge in [0.15, 0.2) is 5.60 Å². The highest BCUT2D eigenvalue weighted by Crippen LogP contribution is 2.49. The third-order valence-electron chi connectivity index (χ3n) is 7.74. The van der Waals surface area contributed by atoms with E-state index in [-0.39, 0.29) is 29.7 Å². The molecule has 0 aromatic heterocycles. The lowest BCUT2D eigenvalue weighted by atomic mass is 9.79. The number of nitrogens with zero attached hydrogens (tertiary/aromatic N) is 1. The molecule has 2 saturated carbocycles. The molecule has 5 rings (SSSR count). The van der Waals surface area contributed by atoms with Crippen LogP contribution in [0.1, 0.15) is 42.9 Å². The Kier molecular flexibility index (Phi) is 5.51. The second kappa shape index (κ2) is 8.34. The summed E-state index contributed by atoms with van der Waals surface area (Å²) < 4.78 is 0. The predicted octanol–water partition coefficient (Wildman–Crippen LogP) is 2.94. The van der Waals surface area contributed by atoms with E-state index in [1.165, 1.54) is 0 Å². The van der Waals surface area contributed by atoms with Crippen molar-refractivity contribution in [2.45, 2.75) is 43.4 Å². The summed E-state index contributed by atoms with van der Waals surface area (Å²) in [7, 11) is 0. The fourth-order valence-corrected chi connectivity index (χ4v) is 5.98. The molecule has 168 valence electrons. The standard InChI is InChI=1S/C26H30N2O4/c29-24(30)23(17-9-3-1-4-10-17)28-15-20-21(16-28)22(20)27-25(31)26(32,19-13-7-8-14-19)18-11-5-2-6-12-18/h1-6,9-12,19-23,32H,7-8,13-16H2,(H,27,31)(H,29,30)/t20-,21+,22?,23?,26?. The number of nitrogens with one attached hydrogen (secondary N) is 1. The molecule has 32 heavy (non-hydrogen) atoms. The van der Waals surface area contributed by atoms with Gasteiger partial charge in [0.2, 0.25) is 0 Å². The van der Waals surface area contributed by atoms with Crippen molar-refractivity contribution in [2.24, 2.45) is 17.8 Å². The number of rotatable bonds is 7.